The third kappa shape index (κ3) is 18.3. The summed E-state index contributed by atoms with van der Waals surface area (Å²) in [6.45, 7) is 10.9. The molecule has 0 bridgehead atoms. The van der Waals surface area contributed by atoms with Crippen LogP contribution in [0, 0.1) is 11.8 Å². The molecule has 0 aliphatic rings. The lowest BCUT2D eigenvalue weighted by Crippen LogP contribution is -2.29. The smallest absolute Gasteiger partial charge is 0.434 e. The monoisotopic (exact) mass is 406 g/mol. The Bertz CT molecular complexity index is 453. The fraction of sp³-hybridized carbons (Fsp3) is 0.731. The molecule has 29 heavy (non-hydrogen) atoms. The Morgan fingerprint density at radius 1 is 0.724 bits per heavy atom. The van der Waals surface area contributed by atoms with E-state index in [0.29, 0.717) is 18.4 Å². The third-order valence-electron chi connectivity index (χ3n) is 4.81. The fourth-order valence-electron chi connectivity index (χ4n) is 3.24. The second kappa shape index (κ2) is 19.8. The van der Waals surface area contributed by atoms with Gasteiger partial charge in [-0.2, -0.15) is 0 Å². The molecule has 0 amide bonds. The van der Waals surface area contributed by atoms with Gasteiger partial charge in [-0.15, -0.1) is 0 Å². The summed E-state index contributed by atoms with van der Waals surface area (Å²) in [5.41, 5.74) is 0. The van der Waals surface area contributed by atoms with E-state index in [-0.39, 0.29) is 6.10 Å². The second-order valence-corrected chi connectivity index (χ2v) is 8.37. The number of hydrogen-bond donors (Lipinski definition) is 0. The van der Waals surface area contributed by atoms with Crippen molar-refractivity contribution in [3.05, 3.63) is 36.5 Å². The predicted molar refractivity (Wildman–Crippen MR) is 125 cm³/mol. The van der Waals surface area contributed by atoms with Gasteiger partial charge < -0.3 is 9.47 Å². The van der Waals surface area contributed by atoms with E-state index in [1.54, 1.807) is 0 Å². The van der Waals surface area contributed by atoms with Gasteiger partial charge in [-0.05, 0) is 50.4 Å². The van der Waals surface area contributed by atoms with Crippen LogP contribution in [0.5, 0.6) is 0 Å². The second-order valence-electron chi connectivity index (χ2n) is 8.37. The fourth-order valence-corrected chi connectivity index (χ4v) is 3.24. The van der Waals surface area contributed by atoms with Gasteiger partial charge in [0.15, 0.2) is 0 Å². The van der Waals surface area contributed by atoms with Gasteiger partial charge in [0.25, 0.3) is 0 Å². The van der Waals surface area contributed by atoms with Crippen LogP contribution in [0.15, 0.2) is 36.5 Å². The zero-order chi connectivity index (χ0) is 21.7. The van der Waals surface area contributed by atoms with Crippen LogP contribution < -0.4 is 0 Å². The Hall–Kier alpha value is -1.51. The summed E-state index contributed by atoms with van der Waals surface area (Å²) in [5.74, 6) is 0.615. The Balaban J connectivity index is 3.48. The normalized spacial score (nSPS) is 12.4. The average molecular weight is 407 g/mol. The van der Waals surface area contributed by atoms with Crippen LogP contribution in [0.3, 0.4) is 0 Å². The number of carbonyl (C=O) groups is 1. The maximum atomic E-state index is 11.8. The van der Waals surface area contributed by atoms with E-state index in [9.17, 15) is 4.79 Å². The van der Waals surface area contributed by atoms with Crippen molar-refractivity contribution in [1.82, 2.24) is 0 Å². The molecule has 0 spiro atoms. The quantitative estimate of drug-likeness (QED) is 0.138. The minimum Gasteiger partial charge on any atom is -0.434 e. The maximum absolute atomic E-state index is 11.8. The summed E-state index contributed by atoms with van der Waals surface area (Å²) in [6, 6.07) is 0. The minimum absolute atomic E-state index is 0.0736. The first-order valence-electron chi connectivity index (χ1n) is 11.8. The van der Waals surface area contributed by atoms with E-state index in [1.165, 1.54) is 32.1 Å². The van der Waals surface area contributed by atoms with Crippen molar-refractivity contribution in [1.29, 1.82) is 0 Å². The zero-order valence-electron chi connectivity index (χ0n) is 19.7. The highest BCUT2D eigenvalue weighted by atomic mass is 16.7. The summed E-state index contributed by atoms with van der Waals surface area (Å²) >= 11 is 0. The van der Waals surface area contributed by atoms with Gasteiger partial charge in [0.05, 0.1) is 6.61 Å². The Morgan fingerprint density at radius 2 is 1.24 bits per heavy atom. The molecule has 3 nitrogen and oxygen atoms in total. The molecular weight excluding hydrogens is 360 g/mol. The topological polar surface area (TPSA) is 35.5 Å². The van der Waals surface area contributed by atoms with Gasteiger partial charge in [0.2, 0.25) is 0 Å². The van der Waals surface area contributed by atoms with E-state index < -0.39 is 6.16 Å². The van der Waals surface area contributed by atoms with Crippen molar-refractivity contribution in [2.45, 2.75) is 105 Å². The van der Waals surface area contributed by atoms with Gasteiger partial charge >= 0.3 is 6.16 Å². The van der Waals surface area contributed by atoms with Crippen LogP contribution in [0.1, 0.15) is 98.8 Å². The lowest BCUT2D eigenvalue weighted by molar-refractivity contribution is -0.0110. The van der Waals surface area contributed by atoms with Crippen molar-refractivity contribution in [2.24, 2.45) is 11.8 Å². The largest absolute Gasteiger partial charge is 0.508 e. The number of rotatable bonds is 17. The first kappa shape index (κ1) is 27.5. The van der Waals surface area contributed by atoms with Crippen LogP contribution >= 0.6 is 0 Å². The summed E-state index contributed by atoms with van der Waals surface area (Å²) in [7, 11) is 0. The van der Waals surface area contributed by atoms with E-state index in [2.05, 4.69) is 71.1 Å². The summed E-state index contributed by atoms with van der Waals surface area (Å²) in [5, 5.41) is 0. The van der Waals surface area contributed by atoms with E-state index in [4.69, 9.17) is 9.47 Å². The summed E-state index contributed by atoms with van der Waals surface area (Å²) in [6.07, 6.45) is 24.3. The highest BCUT2D eigenvalue weighted by Crippen LogP contribution is 2.17. The molecule has 0 saturated carbocycles. The maximum Gasteiger partial charge on any atom is 0.508 e. The molecule has 0 aromatic rings. The summed E-state index contributed by atoms with van der Waals surface area (Å²) in [4.78, 5) is 11.8. The van der Waals surface area contributed by atoms with Crippen molar-refractivity contribution >= 4 is 6.16 Å². The van der Waals surface area contributed by atoms with Gasteiger partial charge in [-0.25, -0.2) is 4.79 Å². The van der Waals surface area contributed by atoms with Crippen LogP contribution in [0.4, 0.5) is 4.79 Å². The van der Waals surface area contributed by atoms with E-state index in [1.807, 2.05) is 0 Å². The van der Waals surface area contributed by atoms with Crippen molar-refractivity contribution in [2.75, 3.05) is 6.61 Å². The van der Waals surface area contributed by atoms with Crippen LogP contribution in [0.25, 0.3) is 0 Å². The van der Waals surface area contributed by atoms with Crippen LogP contribution in [-0.2, 0) is 9.47 Å². The Labute approximate surface area is 180 Å². The standard InChI is InChI=1S/C26H46O3/c1-6-7-8-9-10-11-12-13-14-15-16-17-18-19-20-21-22-28-26(27)29-25(23(2)3)24(4)5/h7-8,10-11,13-14,23-25H,6,9,12,15-22H2,1-5H3/b8-7-,11-10-,14-13+. The number of ether oxygens (including phenoxy) is 2. The first-order valence-corrected chi connectivity index (χ1v) is 11.8. The predicted octanol–water partition coefficient (Wildman–Crippen LogP) is 8.41. The van der Waals surface area contributed by atoms with Crippen molar-refractivity contribution in [3.63, 3.8) is 0 Å². The third-order valence-corrected chi connectivity index (χ3v) is 4.81. The van der Waals surface area contributed by atoms with Gasteiger partial charge in [-0.3, -0.25) is 0 Å². The molecule has 0 radical (unpaired) electrons. The van der Waals surface area contributed by atoms with Gasteiger partial charge in [0, 0.05) is 0 Å². The number of allylic oxidation sites excluding steroid dienone is 6. The zero-order valence-corrected chi connectivity index (χ0v) is 19.7. The molecule has 0 aromatic heterocycles. The molecule has 0 aromatic carbocycles. The lowest BCUT2D eigenvalue weighted by Gasteiger charge is -2.24. The highest BCUT2D eigenvalue weighted by molar-refractivity contribution is 5.60. The van der Waals surface area contributed by atoms with E-state index >= 15 is 0 Å². The van der Waals surface area contributed by atoms with Crippen molar-refractivity contribution in [3.8, 4) is 0 Å². The minimum atomic E-state index is -0.517. The molecule has 0 fully saturated rings. The van der Waals surface area contributed by atoms with Crippen LogP contribution in [-0.4, -0.2) is 18.9 Å². The summed E-state index contributed by atoms with van der Waals surface area (Å²) < 4.78 is 10.6. The van der Waals surface area contributed by atoms with E-state index in [0.717, 1.165) is 32.1 Å². The molecule has 0 aliphatic carbocycles. The number of hydrogen-bond acceptors (Lipinski definition) is 3. The molecule has 168 valence electrons. The number of unbranched alkanes of at least 4 members (excludes halogenated alkanes) is 6. The molecule has 0 atom stereocenters. The Kier molecular flexibility index (Phi) is 18.8. The molecule has 0 aliphatic heterocycles. The lowest BCUT2D eigenvalue weighted by atomic mass is 9.96. The molecule has 0 saturated heterocycles. The molecular formula is C26H46O3. The van der Waals surface area contributed by atoms with Crippen molar-refractivity contribution < 1.29 is 14.3 Å². The number of carbonyl (C=O) groups excluding carboxylic acids is 1. The Morgan fingerprint density at radius 3 is 1.83 bits per heavy atom. The molecule has 3 heteroatoms. The molecule has 0 heterocycles. The van der Waals surface area contributed by atoms with Crippen LogP contribution in [0.2, 0.25) is 0 Å². The molecule has 0 rings (SSSR count). The molecule has 0 N–H and O–H groups in total. The average Bonchev–Trinajstić information content (AvgIpc) is 2.68. The highest BCUT2D eigenvalue weighted by Gasteiger charge is 2.22. The molecule has 0 unspecified atom stereocenters. The van der Waals surface area contributed by atoms with Gasteiger partial charge in [0.1, 0.15) is 6.10 Å². The van der Waals surface area contributed by atoms with Gasteiger partial charge in [-0.1, -0.05) is 96.8 Å². The first-order chi connectivity index (χ1) is 14.0. The SMILES string of the molecule is CC/C=C\C/C=C\C/C=C/CCCCCCCCOC(=O)OC(C(C)C)C(C)C.